The fraction of sp³-hybridized carbons (Fsp3) is 0.538. The summed E-state index contributed by atoms with van der Waals surface area (Å²) in [4.78, 5) is 72.8. The summed E-state index contributed by atoms with van der Waals surface area (Å²) in [6, 6.07) is 5.87. The molecule has 0 saturated carbocycles. The molecular formula is C26H40N6O8. The summed E-state index contributed by atoms with van der Waals surface area (Å²) in [5.41, 5.74) is 11.7. The summed E-state index contributed by atoms with van der Waals surface area (Å²) < 4.78 is 10.1. The SMILES string of the molecule is COC(=O)CNC(=O)[C@H](CC(C)C)NC(=O)CNC(=O)[C@H](COCc1ccccc1)NC(=O)[C@@H](N)CCC(N)=O. The number of hydrogen-bond acceptors (Lipinski definition) is 9. The van der Waals surface area contributed by atoms with Crippen molar-refractivity contribution in [1.29, 1.82) is 0 Å². The van der Waals surface area contributed by atoms with Gasteiger partial charge in [0.05, 0.1) is 32.9 Å². The lowest BCUT2D eigenvalue weighted by Gasteiger charge is -2.22. The van der Waals surface area contributed by atoms with Crippen LogP contribution in [0.15, 0.2) is 30.3 Å². The van der Waals surface area contributed by atoms with Gasteiger partial charge >= 0.3 is 5.97 Å². The quantitative estimate of drug-likeness (QED) is 0.111. The van der Waals surface area contributed by atoms with Crippen molar-refractivity contribution in [3.63, 3.8) is 0 Å². The van der Waals surface area contributed by atoms with Crippen LogP contribution >= 0.6 is 0 Å². The summed E-state index contributed by atoms with van der Waals surface area (Å²) in [6.45, 7) is 2.77. The molecule has 0 aliphatic rings. The van der Waals surface area contributed by atoms with Crippen LogP contribution in [0.25, 0.3) is 0 Å². The van der Waals surface area contributed by atoms with E-state index in [1.807, 2.05) is 44.2 Å². The Bertz CT molecular complexity index is 1000. The molecule has 40 heavy (non-hydrogen) atoms. The number of hydrogen-bond donors (Lipinski definition) is 6. The Labute approximate surface area is 233 Å². The van der Waals surface area contributed by atoms with E-state index in [4.69, 9.17) is 16.2 Å². The highest BCUT2D eigenvalue weighted by Gasteiger charge is 2.26. The Balaban J connectivity index is 2.78. The first-order chi connectivity index (χ1) is 18.9. The Morgan fingerprint density at radius 2 is 1.50 bits per heavy atom. The molecule has 0 radical (unpaired) electrons. The molecule has 8 N–H and O–H groups in total. The number of carbonyl (C=O) groups is 6. The lowest BCUT2D eigenvalue weighted by molar-refractivity contribution is -0.141. The minimum Gasteiger partial charge on any atom is -0.468 e. The molecule has 0 aromatic heterocycles. The van der Waals surface area contributed by atoms with Crippen LogP contribution in [0.3, 0.4) is 0 Å². The van der Waals surface area contributed by atoms with Crippen molar-refractivity contribution in [3.05, 3.63) is 35.9 Å². The van der Waals surface area contributed by atoms with E-state index in [1.54, 1.807) is 0 Å². The van der Waals surface area contributed by atoms with E-state index in [9.17, 15) is 28.8 Å². The van der Waals surface area contributed by atoms with E-state index >= 15 is 0 Å². The van der Waals surface area contributed by atoms with Crippen molar-refractivity contribution >= 4 is 35.5 Å². The molecule has 1 aromatic rings. The molecule has 0 unspecified atom stereocenters. The number of rotatable bonds is 18. The number of ether oxygens (including phenoxy) is 2. The molecule has 1 aromatic carbocycles. The van der Waals surface area contributed by atoms with Crippen molar-refractivity contribution in [2.75, 3.05) is 26.8 Å². The lowest BCUT2D eigenvalue weighted by atomic mass is 10.0. The van der Waals surface area contributed by atoms with Crippen molar-refractivity contribution in [3.8, 4) is 0 Å². The van der Waals surface area contributed by atoms with Gasteiger partial charge in [-0.05, 0) is 24.3 Å². The molecule has 0 aliphatic heterocycles. The second kappa shape index (κ2) is 18.3. The van der Waals surface area contributed by atoms with Crippen LogP contribution in [0.5, 0.6) is 0 Å². The second-order valence-corrected chi connectivity index (χ2v) is 9.43. The number of esters is 1. The zero-order chi connectivity index (χ0) is 30.1. The maximum atomic E-state index is 12.9. The van der Waals surface area contributed by atoms with Crippen LogP contribution in [0.4, 0.5) is 0 Å². The Hall–Kier alpha value is -4.04. The molecule has 222 valence electrons. The van der Waals surface area contributed by atoms with Crippen molar-refractivity contribution in [2.45, 2.75) is 57.8 Å². The highest BCUT2D eigenvalue weighted by Crippen LogP contribution is 2.05. The fourth-order valence-corrected chi connectivity index (χ4v) is 3.35. The molecule has 0 heterocycles. The fourth-order valence-electron chi connectivity index (χ4n) is 3.35. The van der Waals surface area contributed by atoms with E-state index in [-0.39, 0.29) is 44.9 Å². The van der Waals surface area contributed by atoms with E-state index in [1.165, 1.54) is 7.11 Å². The number of primary amides is 1. The molecule has 3 atom stereocenters. The van der Waals surface area contributed by atoms with Crippen LogP contribution in [0.1, 0.15) is 38.7 Å². The maximum absolute atomic E-state index is 12.9. The average Bonchev–Trinajstić information content (AvgIpc) is 2.92. The number of carbonyl (C=O) groups excluding carboxylic acids is 6. The Morgan fingerprint density at radius 3 is 2.10 bits per heavy atom. The topological polar surface area (TPSA) is 221 Å². The number of amides is 5. The Kier molecular flexibility index (Phi) is 15.5. The summed E-state index contributed by atoms with van der Waals surface area (Å²) in [6.07, 6.45) is 0.154. The van der Waals surface area contributed by atoms with Gasteiger partial charge in [-0.2, -0.15) is 0 Å². The van der Waals surface area contributed by atoms with Gasteiger partial charge < -0.3 is 42.2 Å². The van der Waals surface area contributed by atoms with Crippen molar-refractivity contribution in [1.82, 2.24) is 21.3 Å². The lowest BCUT2D eigenvalue weighted by Crippen LogP contribution is -2.55. The monoisotopic (exact) mass is 564 g/mol. The molecule has 1 rings (SSSR count). The molecule has 14 heteroatoms. The van der Waals surface area contributed by atoms with Gasteiger partial charge in [0.2, 0.25) is 29.5 Å². The van der Waals surface area contributed by atoms with E-state index in [0.29, 0.717) is 0 Å². The van der Waals surface area contributed by atoms with Gasteiger partial charge in [-0.3, -0.25) is 28.8 Å². The van der Waals surface area contributed by atoms with Crippen molar-refractivity contribution in [2.24, 2.45) is 17.4 Å². The third-order valence-electron chi connectivity index (χ3n) is 5.48. The number of nitrogens with two attached hydrogens (primary N) is 2. The number of nitrogens with one attached hydrogen (secondary N) is 4. The molecule has 0 spiro atoms. The summed E-state index contributed by atoms with van der Waals surface area (Å²) in [5, 5.41) is 9.82. The third-order valence-corrected chi connectivity index (χ3v) is 5.48. The van der Waals surface area contributed by atoms with E-state index in [2.05, 4.69) is 26.0 Å². The molecule has 0 saturated heterocycles. The number of benzene rings is 1. The van der Waals surface area contributed by atoms with Crippen molar-refractivity contribution < 1.29 is 38.2 Å². The van der Waals surface area contributed by atoms with Gasteiger partial charge in [0.1, 0.15) is 18.6 Å². The van der Waals surface area contributed by atoms with Gasteiger partial charge in [-0.15, -0.1) is 0 Å². The highest BCUT2D eigenvalue weighted by atomic mass is 16.5. The third kappa shape index (κ3) is 14.2. The minimum atomic E-state index is -1.21. The summed E-state index contributed by atoms with van der Waals surface area (Å²) in [7, 11) is 1.18. The minimum absolute atomic E-state index is 0.0158. The normalized spacial score (nSPS) is 12.9. The molecule has 0 aliphatic carbocycles. The molecule has 14 nitrogen and oxygen atoms in total. The first-order valence-corrected chi connectivity index (χ1v) is 12.8. The summed E-state index contributed by atoms with van der Waals surface area (Å²) >= 11 is 0. The predicted octanol–water partition coefficient (Wildman–Crippen LogP) is -1.78. The van der Waals surface area contributed by atoms with Gasteiger partial charge in [0, 0.05) is 6.42 Å². The standard InChI is InChI=1S/C26H40N6O8/c1-16(2)11-19(25(37)30-13-23(35)39-3)31-22(34)12-29-26(38)20(15-40-14-17-7-5-4-6-8-17)32-24(36)18(27)9-10-21(28)33/h4-8,16,18-20H,9-15,27H2,1-3H3,(H2,28,33)(H,29,38)(H,30,37)(H,31,34)(H,32,36)/t18-,19-,20-/m0/s1. The largest absolute Gasteiger partial charge is 0.468 e. The first kappa shape index (κ1) is 34.0. The summed E-state index contributed by atoms with van der Waals surface area (Å²) in [5.74, 6) is -3.91. The zero-order valence-electron chi connectivity index (χ0n) is 23.1. The predicted molar refractivity (Wildman–Crippen MR) is 144 cm³/mol. The van der Waals surface area contributed by atoms with Crippen LogP contribution in [-0.2, 0) is 44.8 Å². The van der Waals surface area contributed by atoms with Gasteiger partial charge in [-0.25, -0.2) is 0 Å². The maximum Gasteiger partial charge on any atom is 0.325 e. The van der Waals surface area contributed by atoms with Gasteiger partial charge in [-0.1, -0.05) is 44.2 Å². The highest BCUT2D eigenvalue weighted by molar-refractivity contribution is 5.93. The van der Waals surface area contributed by atoms with E-state index in [0.717, 1.165) is 5.56 Å². The first-order valence-electron chi connectivity index (χ1n) is 12.8. The molecule has 0 bridgehead atoms. The van der Waals surface area contributed by atoms with Crippen LogP contribution < -0.4 is 32.7 Å². The second-order valence-electron chi connectivity index (χ2n) is 9.43. The zero-order valence-corrected chi connectivity index (χ0v) is 23.1. The Morgan fingerprint density at radius 1 is 0.875 bits per heavy atom. The van der Waals surface area contributed by atoms with Gasteiger partial charge in [0.25, 0.3) is 0 Å². The van der Waals surface area contributed by atoms with E-state index < -0.39 is 60.2 Å². The smallest absolute Gasteiger partial charge is 0.325 e. The van der Waals surface area contributed by atoms with Gasteiger partial charge in [0.15, 0.2) is 0 Å². The molecular weight excluding hydrogens is 524 g/mol. The average molecular weight is 565 g/mol. The van der Waals surface area contributed by atoms with Crippen LogP contribution in [0.2, 0.25) is 0 Å². The number of methoxy groups -OCH3 is 1. The molecule has 0 fully saturated rings. The molecule has 5 amide bonds. The van der Waals surface area contributed by atoms with Crippen LogP contribution in [-0.4, -0.2) is 80.4 Å². The van der Waals surface area contributed by atoms with Crippen LogP contribution in [0, 0.1) is 5.92 Å².